The SMILES string of the molecule is CCc1ccc(CNC(C)C(=O)O)s1. The quantitative estimate of drug-likeness (QED) is 0.785. The molecule has 0 radical (unpaired) electrons. The largest absolute Gasteiger partial charge is 0.480 e. The number of aliphatic carboxylic acids is 1. The minimum atomic E-state index is -0.808. The average Bonchev–Trinajstić information content (AvgIpc) is 2.61. The summed E-state index contributed by atoms with van der Waals surface area (Å²) in [6.07, 6.45) is 1.04. The van der Waals surface area contributed by atoms with E-state index in [4.69, 9.17) is 5.11 Å². The second-order valence-electron chi connectivity index (χ2n) is 3.16. The zero-order valence-corrected chi connectivity index (χ0v) is 9.23. The van der Waals surface area contributed by atoms with Crippen molar-refractivity contribution in [1.29, 1.82) is 0 Å². The molecule has 1 heterocycles. The molecule has 1 atom stereocenters. The van der Waals surface area contributed by atoms with Gasteiger partial charge in [-0.05, 0) is 25.5 Å². The van der Waals surface area contributed by atoms with E-state index in [1.165, 1.54) is 9.75 Å². The number of nitrogens with one attached hydrogen (secondary N) is 1. The number of aryl methyl sites for hydroxylation is 1. The normalized spacial score (nSPS) is 12.7. The van der Waals surface area contributed by atoms with Crippen LogP contribution < -0.4 is 5.32 Å². The van der Waals surface area contributed by atoms with Crippen molar-refractivity contribution < 1.29 is 9.90 Å². The van der Waals surface area contributed by atoms with Crippen molar-refractivity contribution in [3.8, 4) is 0 Å². The van der Waals surface area contributed by atoms with Crippen molar-refractivity contribution in [3.05, 3.63) is 21.9 Å². The third kappa shape index (κ3) is 3.12. The number of thiophene rings is 1. The van der Waals surface area contributed by atoms with Crippen molar-refractivity contribution in [3.63, 3.8) is 0 Å². The van der Waals surface area contributed by atoms with Gasteiger partial charge in [0.1, 0.15) is 6.04 Å². The van der Waals surface area contributed by atoms with Crippen molar-refractivity contribution in [2.24, 2.45) is 0 Å². The lowest BCUT2D eigenvalue weighted by Gasteiger charge is -2.06. The molecule has 0 aliphatic carbocycles. The zero-order valence-electron chi connectivity index (χ0n) is 8.41. The van der Waals surface area contributed by atoms with Gasteiger partial charge in [0.2, 0.25) is 0 Å². The van der Waals surface area contributed by atoms with Crippen LogP contribution >= 0.6 is 11.3 Å². The average molecular weight is 213 g/mol. The molecule has 4 heteroatoms. The van der Waals surface area contributed by atoms with Crippen LogP contribution in [0.4, 0.5) is 0 Å². The van der Waals surface area contributed by atoms with Gasteiger partial charge < -0.3 is 5.11 Å². The Bertz CT molecular complexity index is 309. The number of carboxylic acids is 1. The van der Waals surface area contributed by atoms with E-state index in [2.05, 4.69) is 18.3 Å². The molecule has 78 valence electrons. The van der Waals surface area contributed by atoms with Crippen LogP contribution in [0.1, 0.15) is 23.6 Å². The van der Waals surface area contributed by atoms with Crippen LogP contribution in [0.15, 0.2) is 12.1 Å². The molecule has 0 saturated heterocycles. The van der Waals surface area contributed by atoms with Gasteiger partial charge in [0.05, 0.1) is 0 Å². The van der Waals surface area contributed by atoms with Gasteiger partial charge in [0, 0.05) is 16.3 Å². The van der Waals surface area contributed by atoms with Crippen molar-refractivity contribution in [1.82, 2.24) is 5.32 Å². The lowest BCUT2D eigenvalue weighted by molar-refractivity contribution is -0.139. The number of carboxylic acid groups (broad SMARTS) is 1. The Balaban J connectivity index is 2.41. The molecule has 0 aliphatic rings. The standard InChI is InChI=1S/C10H15NO2S/c1-3-8-4-5-9(14-8)6-11-7(2)10(12)13/h4-5,7,11H,3,6H2,1-2H3,(H,12,13). The molecule has 3 nitrogen and oxygen atoms in total. The Labute approximate surface area is 87.8 Å². The molecule has 0 bridgehead atoms. The highest BCUT2D eigenvalue weighted by Gasteiger charge is 2.09. The predicted molar refractivity (Wildman–Crippen MR) is 57.6 cm³/mol. The van der Waals surface area contributed by atoms with E-state index < -0.39 is 12.0 Å². The first-order valence-electron chi connectivity index (χ1n) is 4.67. The first kappa shape index (κ1) is 11.2. The van der Waals surface area contributed by atoms with E-state index in [1.54, 1.807) is 18.3 Å². The van der Waals surface area contributed by atoms with Crippen LogP contribution in [0, 0.1) is 0 Å². The van der Waals surface area contributed by atoms with Crippen LogP contribution in [-0.4, -0.2) is 17.1 Å². The van der Waals surface area contributed by atoms with Crippen molar-refractivity contribution in [2.75, 3.05) is 0 Å². The Morgan fingerprint density at radius 2 is 2.21 bits per heavy atom. The number of hydrogen-bond donors (Lipinski definition) is 2. The summed E-state index contributed by atoms with van der Waals surface area (Å²) in [6, 6.07) is 3.65. The lowest BCUT2D eigenvalue weighted by atomic mass is 10.3. The minimum absolute atomic E-state index is 0.484. The molecule has 1 unspecified atom stereocenters. The maximum absolute atomic E-state index is 10.5. The summed E-state index contributed by atoms with van der Waals surface area (Å²) in [6.45, 7) is 4.40. The van der Waals surface area contributed by atoms with Crippen LogP contribution in [0.3, 0.4) is 0 Å². The Kier molecular flexibility index (Phi) is 4.10. The third-order valence-corrected chi connectivity index (χ3v) is 3.25. The maximum Gasteiger partial charge on any atom is 0.320 e. The van der Waals surface area contributed by atoms with Crippen LogP contribution in [0.2, 0.25) is 0 Å². The van der Waals surface area contributed by atoms with Gasteiger partial charge in [-0.2, -0.15) is 0 Å². The second-order valence-corrected chi connectivity index (χ2v) is 4.42. The summed E-state index contributed by atoms with van der Waals surface area (Å²) in [5, 5.41) is 11.6. The fourth-order valence-electron chi connectivity index (χ4n) is 1.05. The molecule has 1 aromatic rings. The fourth-order valence-corrected chi connectivity index (χ4v) is 1.96. The number of rotatable bonds is 5. The van der Waals surface area contributed by atoms with Crippen LogP contribution in [0.25, 0.3) is 0 Å². The first-order chi connectivity index (χ1) is 6.63. The van der Waals surface area contributed by atoms with Crippen molar-refractivity contribution >= 4 is 17.3 Å². The highest BCUT2D eigenvalue weighted by atomic mass is 32.1. The molecular weight excluding hydrogens is 198 g/mol. The van der Waals surface area contributed by atoms with Gasteiger partial charge in [-0.15, -0.1) is 11.3 Å². The van der Waals surface area contributed by atoms with E-state index >= 15 is 0 Å². The molecule has 2 N–H and O–H groups in total. The van der Waals surface area contributed by atoms with Crippen LogP contribution in [0.5, 0.6) is 0 Å². The smallest absolute Gasteiger partial charge is 0.320 e. The minimum Gasteiger partial charge on any atom is -0.480 e. The highest BCUT2D eigenvalue weighted by Crippen LogP contribution is 2.16. The summed E-state index contributed by atoms with van der Waals surface area (Å²) in [5.41, 5.74) is 0. The molecule has 0 spiro atoms. The van der Waals surface area contributed by atoms with Gasteiger partial charge in [0.15, 0.2) is 0 Å². The first-order valence-corrected chi connectivity index (χ1v) is 5.49. The van der Waals surface area contributed by atoms with Gasteiger partial charge in [-0.25, -0.2) is 0 Å². The van der Waals surface area contributed by atoms with Crippen molar-refractivity contribution in [2.45, 2.75) is 32.9 Å². The Morgan fingerprint density at radius 1 is 1.57 bits per heavy atom. The number of carbonyl (C=O) groups is 1. The maximum atomic E-state index is 10.5. The predicted octanol–water partition coefficient (Wildman–Crippen LogP) is 1.87. The van der Waals surface area contributed by atoms with Gasteiger partial charge in [0.25, 0.3) is 0 Å². The Hall–Kier alpha value is -0.870. The second kappa shape index (κ2) is 5.12. The van der Waals surface area contributed by atoms with E-state index in [9.17, 15) is 4.79 Å². The Morgan fingerprint density at radius 3 is 2.71 bits per heavy atom. The van der Waals surface area contributed by atoms with E-state index in [0.717, 1.165) is 6.42 Å². The summed E-state index contributed by atoms with van der Waals surface area (Å²) < 4.78 is 0. The van der Waals surface area contributed by atoms with E-state index in [1.807, 2.05) is 6.07 Å². The molecule has 0 fully saturated rings. The summed E-state index contributed by atoms with van der Waals surface area (Å²) in [4.78, 5) is 13.1. The molecule has 1 rings (SSSR count). The van der Waals surface area contributed by atoms with E-state index in [0.29, 0.717) is 6.54 Å². The summed E-state index contributed by atoms with van der Waals surface area (Å²) in [7, 11) is 0. The topological polar surface area (TPSA) is 49.3 Å². The molecule has 1 aromatic heterocycles. The lowest BCUT2D eigenvalue weighted by Crippen LogP contribution is -2.32. The summed E-state index contributed by atoms with van der Waals surface area (Å²) >= 11 is 1.73. The zero-order chi connectivity index (χ0) is 10.6. The third-order valence-electron chi connectivity index (χ3n) is 2.02. The van der Waals surface area contributed by atoms with Gasteiger partial charge in [-0.1, -0.05) is 6.92 Å². The molecular formula is C10H15NO2S. The highest BCUT2D eigenvalue weighted by molar-refractivity contribution is 7.11. The van der Waals surface area contributed by atoms with Gasteiger partial charge in [-0.3, -0.25) is 10.1 Å². The molecule has 14 heavy (non-hydrogen) atoms. The molecule has 0 aliphatic heterocycles. The fraction of sp³-hybridized carbons (Fsp3) is 0.500. The van der Waals surface area contributed by atoms with E-state index in [-0.39, 0.29) is 0 Å². The molecule has 0 saturated carbocycles. The molecule has 0 amide bonds. The molecule has 0 aromatic carbocycles. The van der Waals surface area contributed by atoms with Crippen LogP contribution in [-0.2, 0) is 17.8 Å². The monoisotopic (exact) mass is 213 g/mol. The number of hydrogen-bond acceptors (Lipinski definition) is 3. The summed E-state index contributed by atoms with van der Waals surface area (Å²) in [5.74, 6) is -0.808. The van der Waals surface area contributed by atoms with Gasteiger partial charge >= 0.3 is 5.97 Å².